The Morgan fingerprint density at radius 3 is 2.41 bits per heavy atom. The van der Waals surface area contributed by atoms with Crippen molar-refractivity contribution in [2.24, 2.45) is 0 Å². The molecule has 86 valence electrons. The largest absolute Gasteiger partial charge is 0.157 e. The first-order chi connectivity index (χ1) is 8.21. The molecule has 3 rings (SSSR count). The topological polar surface area (TPSA) is 25.8 Å². The van der Waals surface area contributed by atoms with Gasteiger partial charge in [-0.05, 0) is 37.0 Å². The Morgan fingerprint density at radius 1 is 1.12 bits per heavy atom. The third kappa shape index (κ3) is 1.83. The maximum Gasteiger partial charge on any atom is 0.152 e. The van der Waals surface area contributed by atoms with Gasteiger partial charge in [0, 0.05) is 5.41 Å². The van der Waals surface area contributed by atoms with E-state index >= 15 is 0 Å². The van der Waals surface area contributed by atoms with Crippen LogP contribution >= 0.6 is 11.6 Å². The van der Waals surface area contributed by atoms with Crippen molar-refractivity contribution in [3.8, 4) is 0 Å². The molecule has 0 radical (unpaired) electrons. The van der Waals surface area contributed by atoms with Crippen molar-refractivity contribution in [2.75, 3.05) is 0 Å². The van der Waals surface area contributed by atoms with E-state index in [2.05, 4.69) is 41.4 Å². The van der Waals surface area contributed by atoms with Crippen molar-refractivity contribution >= 4 is 11.6 Å². The molecule has 3 heteroatoms. The molecule has 0 spiro atoms. The van der Waals surface area contributed by atoms with Crippen LogP contribution in [0.1, 0.15) is 29.5 Å². The lowest BCUT2D eigenvalue weighted by molar-refractivity contribution is 0.823. The van der Waals surface area contributed by atoms with Gasteiger partial charge in [0.05, 0.1) is 6.20 Å². The highest BCUT2D eigenvalue weighted by Gasteiger charge is 2.46. The second-order valence-electron chi connectivity index (χ2n) is 4.72. The fourth-order valence-corrected chi connectivity index (χ4v) is 2.51. The zero-order chi connectivity index (χ0) is 11.9. The maximum atomic E-state index is 5.92. The average molecular weight is 245 g/mol. The molecule has 0 amide bonds. The first-order valence-electron chi connectivity index (χ1n) is 5.77. The lowest BCUT2D eigenvalue weighted by Gasteiger charge is -2.16. The molecular weight excluding hydrogens is 232 g/mol. The number of aromatic nitrogens is 2. The molecule has 2 nitrogen and oxygen atoms in total. The Balaban J connectivity index is 2.04. The third-order valence-corrected chi connectivity index (χ3v) is 3.72. The maximum absolute atomic E-state index is 5.92. The highest BCUT2D eigenvalue weighted by atomic mass is 35.5. The van der Waals surface area contributed by atoms with Crippen LogP contribution in [0.4, 0.5) is 0 Å². The molecule has 1 aliphatic carbocycles. The molecular formula is C14H13ClN2. The predicted molar refractivity (Wildman–Crippen MR) is 68.2 cm³/mol. The van der Waals surface area contributed by atoms with E-state index < -0.39 is 0 Å². The Bertz CT molecular complexity index is 544. The molecule has 0 bridgehead atoms. The minimum atomic E-state index is 0.132. The summed E-state index contributed by atoms with van der Waals surface area (Å²) in [7, 11) is 0. The highest BCUT2D eigenvalue weighted by molar-refractivity contribution is 6.29. The highest BCUT2D eigenvalue weighted by Crippen LogP contribution is 2.53. The molecule has 0 aliphatic heterocycles. The normalized spacial score (nSPS) is 16.8. The minimum absolute atomic E-state index is 0.132. The molecule has 0 unspecified atom stereocenters. The van der Waals surface area contributed by atoms with Crippen molar-refractivity contribution in [1.82, 2.24) is 10.2 Å². The lowest BCUT2D eigenvalue weighted by Crippen LogP contribution is -2.09. The van der Waals surface area contributed by atoms with Gasteiger partial charge in [0.25, 0.3) is 0 Å². The summed E-state index contributed by atoms with van der Waals surface area (Å²) in [6.45, 7) is 2.11. The van der Waals surface area contributed by atoms with Crippen LogP contribution in [-0.2, 0) is 5.41 Å². The molecule has 1 fully saturated rings. The molecule has 0 N–H and O–H groups in total. The lowest BCUT2D eigenvalue weighted by atomic mass is 9.89. The van der Waals surface area contributed by atoms with E-state index in [1.54, 1.807) is 0 Å². The van der Waals surface area contributed by atoms with Crippen LogP contribution in [0.15, 0.2) is 36.5 Å². The average Bonchev–Trinajstić information content (AvgIpc) is 3.11. The number of halogens is 1. The summed E-state index contributed by atoms with van der Waals surface area (Å²) in [6.07, 6.45) is 4.16. The molecule has 1 aromatic heterocycles. The van der Waals surface area contributed by atoms with Crippen molar-refractivity contribution in [1.29, 1.82) is 0 Å². The van der Waals surface area contributed by atoms with E-state index in [0.717, 1.165) is 12.8 Å². The van der Waals surface area contributed by atoms with E-state index in [1.807, 2.05) is 12.3 Å². The second-order valence-corrected chi connectivity index (χ2v) is 5.10. The van der Waals surface area contributed by atoms with Crippen LogP contribution in [0.3, 0.4) is 0 Å². The summed E-state index contributed by atoms with van der Waals surface area (Å²) >= 11 is 5.92. The molecule has 1 saturated carbocycles. The number of rotatable bonds is 2. The van der Waals surface area contributed by atoms with Gasteiger partial charge in [0.1, 0.15) is 0 Å². The number of hydrogen-bond donors (Lipinski definition) is 0. The van der Waals surface area contributed by atoms with Gasteiger partial charge in [-0.1, -0.05) is 41.4 Å². The first-order valence-corrected chi connectivity index (χ1v) is 6.14. The summed E-state index contributed by atoms with van der Waals surface area (Å²) in [5.74, 6) is 0. The minimum Gasteiger partial charge on any atom is -0.157 e. The summed E-state index contributed by atoms with van der Waals surface area (Å²) in [5, 5.41) is 8.23. The van der Waals surface area contributed by atoms with Crippen LogP contribution < -0.4 is 0 Å². The van der Waals surface area contributed by atoms with Crippen molar-refractivity contribution in [2.45, 2.75) is 25.2 Å². The molecule has 2 aromatic rings. The van der Waals surface area contributed by atoms with Gasteiger partial charge in [0.15, 0.2) is 5.15 Å². The standard InChI is InChI=1S/C14H13ClN2/c1-10-2-4-11(5-3-10)14(6-7-14)12-8-13(15)17-16-9-12/h2-5,8-9H,6-7H2,1H3. The van der Waals surface area contributed by atoms with Crippen LogP contribution in [0.5, 0.6) is 0 Å². The van der Waals surface area contributed by atoms with Gasteiger partial charge in [-0.3, -0.25) is 0 Å². The van der Waals surface area contributed by atoms with Crippen LogP contribution in [0.25, 0.3) is 0 Å². The number of nitrogens with zero attached hydrogens (tertiary/aromatic N) is 2. The smallest absolute Gasteiger partial charge is 0.152 e. The van der Waals surface area contributed by atoms with Gasteiger partial charge in [-0.25, -0.2) is 0 Å². The summed E-state index contributed by atoms with van der Waals surface area (Å²) in [4.78, 5) is 0. The second kappa shape index (κ2) is 3.81. The molecule has 0 atom stereocenters. The Hall–Kier alpha value is -1.41. The van der Waals surface area contributed by atoms with Gasteiger partial charge in [0.2, 0.25) is 0 Å². The van der Waals surface area contributed by atoms with Gasteiger partial charge in [-0.15, -0.1) is 5.10 Å². The quantitative estimate of drug-likeness (QED) is 0.808. The SMILES string of the molecule is Cc1ccc(C2(c3cnnc(Cl)c3)CC2)cc1. The first kappa shape index (κ1) is 10.7. The zero-order valence-corrected chi connectivity index (χ0v) is 10.4. The predicted octanol–water partition coefficient (Wildman–Crippen LogP) is 3.52. The Labute approximate surface area is 106 Å². The van der Waals surface area contributed by atoms with E-state index in [1.165, 1.54) is 16.7 Å². The Kier molecular flexibility index (Phi) is 2.40. The number of aryl methyl sites for hydroxylation is 1. The van der Waals surface area contributed by atoms with E-state index in [-0.39, 0.29) is 5.41 Å². The molecule has 1 heterocycles. The molecule has 17 heavy (non-hydrogen) atoms. The summed E-state index contributed by atoms with van der Waals surface area (Å²) < 4.78 is 0. The van der Waals surface area contributed by atoms with E-state index in [4.69, 9.17) is 11.6 Å². The molecule has 1 aliphatic rings. The third-order valence-electron chi connectivity index (χ3n) is 3.53. The monoisotopic (exact) mass is 244 g/mol. The number of hydrogen-bond acceptors (Lipinski definition) is 2. The fourth-order valence-electron chi connectivity index (χ4n) is 2.34. The van der Waals surface area contributed by atoms with Gasteiger partial charge < -0.3 is 0 Å². The molecule has 0 saturated heterocycles. The van der Waals surface area contributed by atoms with Crippen LogP contribution in [0.2, 0.25) is 5.15 Å². The van der Waals surface area contributed by atoms with Crippen molar-refractivity contribution in [3.05, 3.63) is 58.4 Å². The van der Waals surface area contributed by atoms with E-state index in [9.17, 15) is 0 Å². The summed E-state index contributed by atoms with van der Waals surface area (Å²) in [5.41, 5.74) is 3.96. The van der Waals surface area contributed by atoms with Gasteiger partial charge in [-0.2, -0.15) is 5.10 Å². The molecule has 1 aromatic carbocycles. The van der Waals surface area contributed by atoms with Crippen LogP contribution in [-0.4, -0.2) is 10.2 Å². The summed E-state index contributed by atoms with van der Waals surface area (Å²) in [6, 6.07) is 10.7. The van der Waals surface area contributed by atoms with E-state index in [0.29, 0.717) is 5.15 Å². The Morgan fingerprint density at radius 2 is 1.82 bits per heavy atom. The zero-order valence-electron chi connectivity index (χ0n) is 9.65. The van der Waals surface area contributed by atoms with Crippen molar-refractivity contribution < 1.29 is 0 Å². The van der Waals surface area contributed by atoms with Gasteiger partial charge >= 0.3 is 0 Å². The fraction of sp³-hybridized carbons (Fsp3) is 0.286. The van der Waals surface area contributed by atoms with Crippen molar-refractivity contribution in [3.63, 3.8) is 0 Å². The van der Waals surface area contributed by atoms with Crippen LogP contribution in [0, 0.1) is 6.92 Å². The number of benzene rings is 1.